The fourth-order valence-corrected chi connectivity index (χ4v) is 2.97. The van der Waals surface area contributed by atoms with E-state index in [1.807, 2.05) is 0 Å². The Bertz CT molecular complexity index is 893. The first kappa shape index (κ1) is 15.2. The van der Waals surface area contributed by atoms with Gasteiger partial charge in [-0.15, -0.1) is 5.10 Å². The molecule has 1 aliphatic carbocycles. The predicted octanol–water partition coefficient (Wildman–Crippen LogP) is 1.62. The molecule has 0 saturated heterocycles. The van der Waals surface area contributed by atoms with E-state index >= 15 is 0 Å². The Hall–Kier alpha value is -2.36. The van der Waals surface area contributed by atoms with Crippen LogP contribution in [0.25, 0.3) is 0 Å². The van der Waals surface area contributed by atoms with Gasteiger partial charge in [0.25, 0.3) is 5.91 Å². The van der Waals surface area contributed by atoms with E-state index in [-0.39, 0.29) is 12.5 Å². The molecule has 1 unspecified atom stereocenters. The lowest BCUT2D eigenvalue weighted by molar-refractivity contribution is -0.130. The summed E-state index contributed by atoms with van der Waals surface area (Å²) in [7, 11) is 1.76. The largest absolute Gasteiger partial charge is 0.366 e. The smallest absolute Gasteiger partial charge is 0.277 e. The number of rotatable bonds is 2. The molecule has 1 amide bonds. The average Bonchev–Trinajstić information content (AvgIpc) is 3.27. The molecule has 1 aromatic carbocycles. The monoisotopic (exact) mass is 342 g/mol. The van der Waals surface area contributed by atoms with Crippen LogP contribution in [0.4, 0.5) is 5.69 Å². The van der Waals surface area contributed by atoms with E-state index in [9.17, 15) is 9.90 Å². The highest BCUT2D eigenvalue weighted by molar-refractivity contribution is 6.31. The maximum atomic E-state index is 12.9. The van der Waals surface area contributed by atoms with Crippen molar-refractivity contribution in [3.05, 3.63) is 40.7 Å². The number of aliphatic hydroxyl groups is 1. The molecule has 6 nitrogen and oxygen atoms in total. The van der Waals surface area contributed by atoms with Crippen molar-refractivity contribution in [1.29, 1.82) is 0 Å². The number of hydrogen-bond donors (Lipinski definition) is 1. The summed E-state index contributed by atoms with van der Waals surface area (Å²) in [4.78, 5) is 14.4. The Morgan fingerprint density at radius 1 is 1.46 bits per heavy atom. The number of hydrogen-bond acceptors (Lipinski definition) is 4. The van der Waals surface area contributed by atoms with Crippen LogP contribution in [0.5, 0.6) is 0 Å². The zero-order valence-corrected chi connectivity index (χ0v) is 13.8. The number of aromatic nitrogens is 3. The standard InChI is InChI=1S/C17H15ClN4O2/c1-21-9-13(19-20-21)10-22-15-5-4-12(18)8-14(15)17(24,16(22)23)7-6-11-2-3-11/h4-5,8-9,11,24H,2-3,10H2,1H3. The second-order valence-electron chi connectivity index (χ2n) is 6.19. The van der Waals surface area contributed by atoms with E-state index in [1.54, 1.807) is 36.1 Å². The Balaban J connectivity index is 1.77. The Labute approximate surface area is 144 Å². The molecule has 4 rings (SSSR count). The van der Waals surface area contributed by atoms with Gasteiger partial charge in [-0.3, -0.25) is 9.48 Å². The Morgan fingerprint density at radius 2 is 2.25 bits per heavy atom. The normalized spacial score (nSPS) is 22.3. The molecule has 122 valence electrons. The highest BCUT2D eigenvalue weighted by Crippen LogP contribution is 2.42. The van der Waals surface area contributed by atoms with Crippen molar-refractivity contribution in [3.8, 4) is 11.8 Å². The van der Waals surface area contributed by atoms with Gasteiger partial charge in [0.05, 0.1) is 12.2 Å². The van der Waals surface area contributed by atoms with Gasteiger partial charge in [-0.05, 0) is 31.0 Å². The van der Waals surface area contributed by atoms with Crippen LogP contribution in [-0.2, 0) is 24.0 Å². The molecule has 24 heavy (non-hydrogen) atoms. The molecule has 1 saturated carbocycles. The number of aryl methyl sites for hydroxylation is 1. The van der Waals surface area contributed by atoms with Crippen LogP contribution in [0.3, 0.4) is 0 Å². The maximum absolute atomic E-state index is 12.9. The number of benzene rings is 1. The second kappa shape index (κ2) is 5.33. The van der Waals surface area contributed by atoms with Crippen molar-refractivity contribution in [1.82, 2.24) is 15.0 Å². The van der Waals surface area contributed by atoms with Gasteiger partial charge in [-0.25, -0.2) is 0 Å². The summed E-state index contributed by atoms with van der Waals surface area (Å²) in [6, 6.07) is 5.02. The van der Waals surface area contributed by atoms with E-state index in [0.29, 0.717) is 22.0 Å². The number of halogens is 1. The quantitative estimate of drug-likeness (QED) is 0.842. The molecular formula is C17H15ClN4O2. The fourth-order valence-electron chi connectivity index (χ4n) is 2.80. The molecule has 1 aliphatic heterocycles. The van der Waals surface area contributed by atoms with Crippen molar-refractivity contribution < 1.29 is 9.90 Å². The van der Waals surface area contributed by atoms with Crippen LogP contribution < -0.4 is 4.90 Å². The minimum Gasteiger partial charge on any atom is -0.366 e. The second-order valence-corrected chi connectivity index (χ2v) is 6.63. The third kappa shape index (κ3) is 2.46. The number of carbonyl (C=O) groups is 1. The van der Waals surface area contributed by atoms with Crippen LogP contribution in [0.1, 0.15) is 24.1 Å². The van der Waals surface area contributed by atoms with E-state index in [2.05, 4.69) is 22.2 Å². The Kier molecular flexibility index (Phi) is 3.37. The molecule has 2 aliphatic rings. The molecule has 7 heteroatoms. The van der Waals surface area contributed by atoms with Crippen LogP contribution in [0.2, 0.25) is 5.02 Å². The van der Waals surface area contributed by atoms with E-state index in [0.717, 1.165) is 12.8 Å². The van der Waals surface area contributed by atoms with Crippen molar-refractivity contribution in [3.63, 3.8) is 0 Å². The summed E-state index contributed by atoms with van der Waals surface area (Å²) in [6.07, 6.45) is 3.77. The summed E-state index contributed by atoms with van der Waals surface area (Å²) in [5.41, 5.74) is -0.198. The van der Waals surface area contributed by atoms with Crippen molar-refractivity contribution >= 4 is 23.2 Å². The SMILES string of the molecule is Cn1cc(CN2C(=O)C(O)(C#CC3CC3)c3cc(Cl)ccc32)nn1. The molecular weight excluding hydrogens is 328 g/mol. The number of anilines is 1. The highest BCUT2D eigenvalue weighted by atomic mass is 35.5. The third-order valence-corrected chi connectivity index (χ3v) is 4.43. The first-order valence-electron chi connectivity index (χ1n) is 7.69. The third-order valence-electron chi connectivity index (χ3n) is 4.20. The van der Waals surface area contributed by atoms with Crippen LogP contribution in [-0.4, -0.2) is 26.0 Å². The number of carbonyl (C=O) groups excluding carboxylic acids is 1. The van der Waals surface area contributed by atoms with Crippen molar-refractivity contribution in [2.45, 2.75) is 25.0 Å². The lowest BCUT2D eigenvalue weighted by Gasteiger charge is -2.17. The lowest BCUT2D eigenvalue weighted by Crippen LogP contribution is -2.39. The maximum Gasteiger partial charge on any atom is 0.277 e. The topological polar surface area (TPSA) is 71.2 Å². The number of nitrogens with zero attached hydrogens (tertiary/aromatic N) is 4. The zero-order chi connectivity index (χ0) is 16.9. The zero-order valence-electron chi connectivity index (χ0n) is 13.0. The minimum absolute atomic E-state index is 0.217. The van der Waals surface area contributed by atoms with Crippen molar-refractivity contribution in [2.24, 2.45) is 13.0 Å². The number of fused-ring (bicyclic) bond motifs is 1. The predicted molar refractivity (Wildman–Crippen MR) is 88.0 cm³/mol. The van der Waals surface area contributed by atoms with Gasteiger partial charge in [-0.1, -0.05) is 28.7 Å². The van der Waals surface area contributed by atoms with Crippen LogP contribution in [0.15, 0.2) is 24.4 Å². The Morgan fingerprint density at radius 3 is 2.92 bits per heavy atom. The first-order valence-corrected chi connectivity index (χ1v) is 8.07. The summed E-state index contributed by atoms with van der Waals surface area (Å²) >= 11 is 6.07. The van der Waals surface area contributed by atoms with Gasteiger partial charge in [0, 0.05) is 29.7 Å². The van der Waals surface area contributed by atoms with Gasteiger partial charge in [-0.2, -0.15) is 0 Å². The molecule has 1 fully saturated rings. The first-order chi connectivity index (χ1) is 11.5. The molecule has 2 heterocycles. The van der Waals surface area contributed by atoms with Gasteiger partial charge in [0.2, 0.25) is 5.60 Å². The van der Waals surface area contributed by atoms with Gasteiger partial charge >= 0.3 is 0 Å². The molecule has 0 radical (unpaired) electrons. The summed E-state index contributed by atoms with van der Waals surface area (Å²) in [5, 5.41) is 19.3. The van der Waals surface area contributed by atoms with Crippen molar-refractivity contribution in [2.75, 3.05) is 4.90 Å². The van der Waals surface area contributed by atoms with Gasteiger partial charge in [0.15, 0.2) is 0 Å². The van der Waals surface area contributed by atoms with Crippen LogP contribution in [0, 0.1) is 17.8 Å². The average molecular weight is 343 g/mol. The number of amides is 1. The van der Waals surface area contributed by atoms with Gasteiger partial charge in [0.1, 0.15) is 5.69 Å². The summed E-state index contributed by atoms with van der Waals surface area (Å²) in [5.74, 6) is 5.59. The van der Waals surface area contributed by atoms with Crippen LogP contribution >= 0.6 is 11.6 Å². The van der Waals surface area contributed by atoms with E-state index in [4.69, 9.17) is 11.6 Å². The van der Waals surface area contributed by atoms with E-state index < -0.39 is 11.5 Å². The summed E-state index contributed by atoms with van der Waals surface area (Å²) in [6.45, 7) is 0.217. The molecule has 1 aromatic heterocycles. The molecule has 0 bridgehead atoms. The molecule has 0 spiro atoms. The van der Waals surface area contributed by atoms with Gasteiger partial charge < -0.3 is 10.0 Å². The fraction of sp³-hybridized carbons (Fsp3) is 0.353. The molecule has 1 atom stereocenters. The molecule has 1 N–H and O–H groups in total. The molecule has 2 aromatic rings. The highest BCUT2D eigenvalue weighted by Gasteiger charge is 2.49. The lowest BCUT2D eigenvalue weighted by atomic mass is 9.96. The minimum atomic E-state index is -1.86. The summed E-state index contributed by atoms with van der Waals surface area (Å²) < 4.78 is 1.57. The van der Waals surface area contributed by atoms with E-state index in [1.165, 1.54) is 4.90 Å².